The van der Waals surface area contributed by atoms with Crippen LogP contribution in [0.3, 0.4) is 0 Å². The van der Waals surface area contributed by atoms with Gasteiger partial charge in [-0.1, -0.05) is 6.58 Å². The lowest BCUT2D eigenvalue weighted by Crippen LogP contribution is -2.35. The van der Waals surface area contributed by atoms with E-state index in [4.69, 9.17) is 5.02 Å². The van der Waals surface area contributed by atoms with Crippen molar-refractivity contribution < 1.29 is 18.2 Å². The van der Waals surface area contributed by atoms with Crippen molar-refractivity contribution >= 4 is 7.05 Å². The Hall–Kier alpha value is -0.485. The Labute approximate surface area is 50.3 Å². The molecule has 0 fully saturated rings. The average molecular weight is 139 g/mol. The number of rotatable bonds is 1. The van der Waals surface area contributed by atoms with Gasteiger partial charge in [0.2, 0.25) is 0 Å². The van der Waals surface area contributed by atoms with Gasteiger partial charge in [0, 0.05) is 5.47 Å². The molecule has 0 aromatic carbocycles. The normalized spacial score (nSPS) is 11.2. The highest BCUT2D eigenvalue weighted by Crippen LogP contribution is 2.23. The van der Waals surface area contributed by atoms with Gasteiger partial charge < -0.3 is 10.7 Å². The zero-order valence-corrected chi connectivity index (χ0v) is 4.44. The predicted octanol–water partition coefficient (Wildman–Crippen LogP) is 0.0833. The molecule has 0 rings (SSSR count). The summed E-state index contributed by atoms with van der Waals surface area (Å²) in [5.74, 6) is 0. The maximum Gasteiger partial charge on any atom is 0.414 e. The fraction of sp³-hybridized carbons (Fsp3) is 0.333. The Morgan fingerprint density at radius 3 is 1.89 bits per heavy atom. The van der Waals surface area contributed by atoms with Crippen LogP contribution >= 0.6 is 0 Å². The molecule has 0 aliphatic heterocycles. The van der Waals surface area contributed by atoms with E-state index in [9.17, 15) is 13.2 Å². The van der Waals surface area contributed by atoms with Crippen LogP contribution in [0.2, 0.25) is 0 Å². The lowest BCUT2D eigenvalue weighted by molar-refractivity contribution is -0.0859. The molecule has 9 heavy (non-hydrogen) atoms. The monoisotopic (exact) mass is 139 g/mol. The first-order valence-electron chi connectivity index (χ1n) is 2.05. The first-order valence-corrected chi connectivity index (χ1v) is 2.05. The Morgan fingerprint density at radius 2 is 1.89 bits per heavy atom. The summed E-state index contributed by atoms with van der Waals surface area (Å²) < 4.78 is 34.1. The molecular formula is C3H5BF3NO. The maximum atomic E-state index is 11.4. The lowest BCUT2D eigenvalue weighted by Gasteiger charge is -2.07. The fourth-order valence-electron chi connectivity index (χ4n) is 0.168. The summed E-state index contributed by atoms with van der Waals surface area (Å²) in [5, 5.41) is 8.11. The maximum absolute atomic E-state index is 11.4. The van der Waals surface area contributed by atoms with E-state index >= 15 is 0 Å². The summed E-state index contributed by atoms with van der Waals surface area (Å²) in [4.78, 5) is 0. The van der Waals surface area contributed by atoms with Gasteiger partial charge in [0.25, 0.3) is 0 Å². The summed E-state index contributed by atoms with van der Waals surface area (Å²) in [6.45, 7) is 2.53. The largest absolute Gasteiger partial charge is 0.434 e. The van der Waals surface area contributed by atoms with Gasteiger partial charge in [-0.05, 0) is 0 Å². The van der Waals surface area contributed by atoms with Crippen LogP contribution in [0.5, 0.6) is 0 Å². The van der Waals surface area contributed by atoms with Crippen molar-refractivity contribution in [2.75, 3.05) is 0 Å². The Morgan fingerprint density at radius 1 is 1.56 bits per heavy atom. The molecule has 0 aliphatic carbocycles. The first-order chi connectivity index (χ1) is 3.85. The van der Waals surface area contributed by atoms with Gasteiger partial charge in [0.05, 0.1) is 0 Å². The first kappa shape index (κ1) is 8.51. The van der Waals surface area contributed by atoms with Crippen LogP contribution in [0.4, 0.5) is 13.2 Å². The van der Waals surface area contributed by atoms with Crippen molar-refractivity contribution in [3.63, 3.8) is 0 Å². The molecular weight excluding hydrogens is 134 g/mol. The lowest BCUT2D eigenvalue weighted by atomic mass is 9.76. The molecule has 0 aliphatic rings. The zero-order chi connectivity index (χ0) is 7.65. The van der Waals surface area contributed by atoms with Crippen molar-refractivity contribution in [1.82, 2.24) is 0 Å². The van der Waals surface area contributed by atoms with Gasteiger partial charge in [0.1, 0.15) is 0 Å². The third-order valence-electron chi connectivity index (χ3n) is 0.721. The van der Waals surface area contributed by atoms with Gasteiger partial charge in [-0.25, -0.2) is 0 Å². The third-order valence-corrected chi connectivity index (χ3v) is 0.721. The molecule has 0 saturated carbocycles. The van der Waals surface area contributed by atoms with Crippen LogP contribution in [0.15, 0.2) is 12.1 Å². The zero-order valence-electron chi connectivity index (χ0n) is 4.44. The summed E-state index contributed by atoms with van der Waals surface area (Å²) in [7, 11) is -2.01. The van der Waals surface area contributed by atoms with Gasteiger partial charge in [-0.15, -0.1) is 0 Å². The molecule has 0 radical (unpaired) electrons. The van der Waals surface area contributed by atoms with Crippen molar-refractivity contribution in [2.45, 2.75) is 6.18 Å². The quantitative estimate of drug-likeness (QED) is 0.505. The molecule has 0 spiro atoms. The van der Waals surface area contributed by atoms with E-state index < -0.39 is 18.7 Å². The van der Waals surface area contributed by atoms with E-state index in [0.717, 1.165) is 0 Å². The molecule has 6 heteroatoms. The summed E-state index contributed by atoms with van der Waals surface area (Å²) in [6.07, 6.45) is -4.59. The molecule has 0 aromatic rings. The second-order valence-electron chi connectivity index (χ2n) is 1.47. The number of nitrogens with two attached hydrogens (primary N) is 1. The van der Waals surface area contributed by atoms with Crippen molar-refractivity contribution in [3.8, 4) is 0 Å². The number of allylic oxidation sites excluding steroid dienone is 1. The molecule has 3 N–H and O–H groups in total. The van der Waals surface area contributed by atoms with Crippen LogP contribution in [-0.2, 0) is 0 Å². The van der Waals surface area contributed by atoms with Crippen LogP contribution in [-0.4, -0.2) is 18.3 Å². The molecule has 0 heterocycles. The molecule has 0 saturated heterocycles. The predicted molar refractivity (Wildman–Crippen MR) is 27.4 cm³/mol. The van der Waals surface area contributed by atoms with Crippen LogP contribution < -0.4 is 5.64 Å². The molecule has 0 bridgehead atoms. The summed E-state index contributed by atoms with van der Waals surface area (Å²) in [6, 6.07) is 0. The van der Waals surface area contributed by atoms with E-state index in [1.54, 1.807) is 0 Å². The van der Waals surface area contributed by atoms with Crippen LogP contribution in [0, 0.1) is 0 Å². The van der Waals surface area contributed by atoms with Crippen molar-refractivity contribution in [2.24, 2.45) is 5.64 Å². The van der Waals surface area contributed by atoms with Gasteiger partial charge >= 0.3 is 13.2 Å². The van der Waals surface area contributed by atoms with Gasteiger partial charge in [0.15, 0.2) is 0 Å². The average Bonchev–Trinajstić information content (AvgIpc) is 1.62. The minimum atomic E-state index is -4.59. The molecule has 0 unspecified atom stereocenters. The van der Waals surface area contributed by atoms with Crippen molar-refractivity contribution in [3.05, 3.63) is 12.1 Å². The van der Waals surface area contributed by atoms with Gasteiger partial charge in [-0.2, -0.15) is 13.2 Å². The molecule has 0 aromatic heterocycles. The van der Waals surface area contributed by atoms with E-state index in [1.165, 1.54) is 0 Å². The highest BCUT2D eigenvalue weighted by Gasteiger charge is 2.37. The fourth-order valence-corrected chi connectivity index (χ4v) is 0.168. The van der Waals surface area contributed by atoms with E-state index in [2.05, 4.69) is 12.2 Å². The third kappa shape index (κ3) is 2.52. The topological polar surface area (TPSA) is 46.2 Å². The number of hydrogen-bond acceptors (Lipinski definition) is 2. The number of halogens is 3. The summed E-state index contributed by atoms with van der Waals surface area (Å²) in [5.41, 5.74) is 3.13. The van der Waals surface area contributed by atoms with Crippen LogP contribution in [0.25, 0.3) is 0 Å². The smallest absolute Gasteiger partial charge is 0.414 e. The Bertz CT molecular complexity index is 121. The van der Waals surface area contributed by atoms with Crippen LogP contribution in [0.1, 0.15) is 0 Å². The standard InChI is InChI=1S/C3H5BF3NO/c1-2(4(8)9)3(5,6)7/h9H,1,8H2. The Balaban J connectivity index is 4.06. The highest BCUT2D eigenvalue weighted by molar-refractivity contribution is 6.55. The Kier molecular flexibility index (Phi) is 2.28. The van der Waals surface area contributed by atoms with E-state index in [-0.39, 0.29) is 0 Å². The minimum absolute atomic E-state index is 1.33. The van der Waals surface area contributed by atoms with E-state index in [1.807, 2.05) is 0 Å². The molecule has 0 atom stereocenters. The molecule has 2 nitrogen and oxygen atoms in total. The summed E-state index contributed by atoms with van der Waals surface area (Å²) >= 11 is 0. The molecule has 52 valence electrons. The van der Waals surface area contributed by atoms with E-state index in [0.29, 0.717) is 0 Å². The second kappa shape index (κ2) is 2.41. The highest BCUT2D eigenvalue weighted by atomic mass is 19.4. The number of hydrogen-bond donors (Lipinski definition) is 2. The minimum Gasteiger partial charge on any atom is -0.434 e. The number of alkyl halides is 3. The van der Waals surface area contributed by atoms with Gasteiger partial charge in [-0.3, -0.25) is 0 Å². The van der Waals surface area contributed by atoms with Crippen molar-refractivity contribution in [1.29, 1.82) is 0 Å². The SMILES string of the molecule is C=C(B(N)O)C(F)(F)F. The molecule has 0 amide bonds. The second-order valence-corrected chi connectivity index (χ2v) is 1.47.